The first-order chi connectivity index (χ1) is 14.1. The zero-order valence-electron chi connectivity index (χ0n) is 18.2. The summed E-state index contributed by atoms with van der Waals surface area (Å²) in [5, 5.41) is 14.6. The first kappa shape index (κ1) is 19.7. The van der Waals surface area contributed by atoms with E-state index in [1.54, 1.807) is 6.33 Å². The summed E-state index contributed by atoms with van der Waals surface area (Å²) in [6.45, 7) is 8.41. The van der Waals surface area contributed by atoms with Gasteiger partial charge in [0.1, 0.15) is 12.1 Å². The van der Waals surface area contributed by atoms with Crippen molar-refractivity contribution in [3.63, 3.8) is 0 Å². The zero-order valence-corrected chi connectivity index (χ0v) is 18.2. The van der Waals surface area contributed by atoms with Gasteiger partial charge < -0.3 is 10.4 Å². The Morgan fingerprint density at radius 2 is 1.97 bits per heavy atom. The molecule has 5 nitrogen and oxygen atoms in total. The van der Waals surface area contributed by atoms with E-state index in [0.717, 1.165) is 49.0 Å². The highest BCUT2D eigenvalue weighted by Crippen LogP contribution is 2.72. The second kappa shape index (κ2) is 7.81. The lowest BCUT2D eigenvalue weighted by Gasteiger charge is -2.71. The molecule has 3 aliphatic carbocycles. The van der Waals surface area contributed by atoms with Crippen molar-refractivity contribution < 1.29 is 5.11 Å². The minimum atomic E-state index is -0.237. The van der Waals surface area contributed by atoms with E-state index >= 15 is 0 Å². The van der Waals surface area contributed by atoms with Gasteiger partial charge in [-0.25, -0.2) is 9.97 Å². The van der Waals surface area contributed by atoms with Crippen LogP contribution < -0.4 is 5.32 Å². The number of hydrogen-bond acceptors (Lipinski definition) is 5. The Balaban J connectivity index is 1.20. The first-order valence-electron chi connectivity index (χ1n) is 12.1. The molecule has 3 unspecified atom stereocenters. The van der Waals surface area contributed by atoms with Crippen LogP contribution in [0.2, 0.25) is 0 Å². The standard InChI is InChI=1S/C24H38N4O/c1-3-16(4-2)13-28-9-8-19-20(14-28)26-15-27-23(19)25-12-21(29)24-10-17-6-5-7-18(11-24)22(17)24/h15-18,21-22,29H,3-14H2,1-2H3,(H,25,26,27). The Bertz CT molecular complexity index is 720. The quantitative estimate of drug-likeness (QED) is 0.696. The van der Waals surface area contributed by atoms with Crippen LogP contribution in [-0.2, 0) is 13.0 Å². The van der Waals surface area contributed by atoms with Crippen molar-refractivity contribution in [2.24, 2.45) is 29.1 Å². The summed E-state index contributed by atoms with van der Waals surface area (Å²) < 4.78 is 0. The summed E-state index contributed by atoms with van der Waals surface area (Å²) in [5.74, 6) is 4.37. The molecule has 0 amide bonds. The van der Waals surface area contributed by atoms with Crippen LogP contribution >= 0.6 is 0 Å². The molecular formula is C24H38N4O. The van der Waals surface area contributed by atoms with Crippen molar-refractivity contribution in [3.8, 4) is 0 Å². The number of aliphatic hydroxyl groups is 1. The molecule has 0 bridgehead atoms. The summed E-state index contributed by atoms with van der Waals surface area (Å²) in [6.07, 6.45) is 11.7. The van der Waals surface area contributed by atoms with Crippen LogP contribution in [0.3, 0.4) is 0 Å². The fraction of sp³-hybridized carbons (Fsp3) is 0.833. The van der Waals surface area contributed by atoms with E-state index in [0.29, 0.717) is 6.54 Å². The van der Waals surface area contributed by atoms with Gasteiger partial charge in [0.15, 0.2) is 0 Å². The summed E-state index contributed by atoms with van der Waals surface area (Å²) in [5.41, 5.74) is 2.67. The van der Waals surface area contributed by atoms with Gasteiger partial charge in [-0.05, 0) is 42.9 Å². The molecule has 0 aromatic carbocycles. The highest BCUT2D eigenvalue weighted by Gasteiger charge is 2.68. The average Bonchev–Trinajstić information content (AvgIpc) is 2.71. The smallest absolute Gasteiger partial charge is 0.133 e. The van der Waals surface area contributed by atoms with Crippen molar-refractivity contribution >= 4 is 5.82 Å². The van der Waals surface area contributed by atoms with Crippen LogP contribution in [0.25, 0.3) is 0 Å². The van der Waals surface area contributed by atoms with Crippen LogP contribution in [0.15, 0.2) is 6.33 Å². The second-order valence-electron chi connectivity index (χ2n) is 10.3. The fourth-order valence-corrected chi connectivity index (χ4v) is 7.31. The normalized spacial score (nSPS) is 34.0. The molecule has 1 aromatic heterocycles. The zero-order chi connectivity index (χ0) is 20.0. The SMILES string of the molecule is CCC(CC)CN1CCc2c(ncnc2NCC(O)C23CC4CCCC(C2)C43)C1. The Labute approximate surface area is 175 Å². The van der Waals surface area contributed by atoms with Gasteiger partial charge in [0.25, 0.3) is 0 Å². The lowest BCUT2D eigenvalue weighted by molar-refractivity contribution is -0.252. The van der Waals surface area contributed by atoms with E-state index < -0.39 is 0 Å². The van der Waals surface area contributed by atoms with Gasteiger partial charge in [-0.3, -0.25) is 4.90 Å². The number of hydrogen-bond donors (Lipinski definition) is 2. The summed E-state index contributed by atoms with van der Waals surface area (Å²) in [7, 11) is 0. The number of rotatable bonds is 8. The molecule has 1 aliphatic heterocycles. The van der Waals surface area contributed by atoms with Gasteiger partial charge >= 0.3 is 0 Å². The maximum Gasteiger partial charge on any atom is 0.133 e. The van der Waals surface area contributed by atoms with Crippen LogP contribution in [0, 0.1) is 29.1 Å². The van der Waals surface area contributed by atoms with Crippen molar-refractivity contribution in [2.75, 3.05) is 25.0 Å². The third-order valence-electron chi connectivity index (χ3n) is 9.00. The van der Waals surface area contributed by atoms with Crippen LogP contribution in [0.4, 0.5) is 5.82 Å². The first-order valence-corrected chi connectivity index (χ1v) is 12.1. The van der Waals surface area contributed by atoms with Crippen LogP contribution in [0.1, 0.15) is 70.1 Å². The number of fused-ring (bicyclic) bond motifs is 1. The summed E-state index contributed by atoms with van der Waals surface area (Å²) >= 11 is 0. The van der Waals surface area contributed by atoms with E-state index in [4.69, 9.17) is 0 Å². The number of nitrogens with one attached hydrogen (secondary N) is 1. The maximum atomic E-state index is 11.1. The Hall–Kier alpha value is -1.20. The molecule has 3 atom stereocenters. The Kier molecular flexibility index (Phi) is 5.32. The number of aromatic nitrogens is 2. The lowest BCUT2D eigenvalue weighted by Crippen LogP contribution is -2.68. The second-order valence-corrected chi connectivity index (χ2v) is 10.3. The highest BCUT2D eigenvalue weighted by molar-refractivity contribution is 5.47. The van der Waals surface area contributed by atoms with Gasteiger partial charge in [-0.1, -0.05) is 46.0 Å². The molecule has 3 fully saturated rings. The van der Waals surface area contributed by atoms with Crippen molar-refractivity contribution in [1.29, 1.82) is 0 Å². The Morgan fingerprint density at radius 1 is 1.21 bits per heavy atom. The maximum absolute atomic E-state index is 11.1. The molecule has 4 aliphatic rings. The minimum absolute atomic E-state index is 0.224. The predicted octanol–water partition coefficient (Wildman–Crippen LogP) is 3.87. The molecular weight excluding hydrogens is 360 g/mol. The molecule has 5 rings (SSSR count). The molecule has 0 radical (unpaired) electrons. The lowest BCUT2D eigenvalue weighted by atomic mass is 9.34. The van der Waals surface area contributed by atoms with Crippen LogP contribution in [-0.4, -0.2) is 45.7 Å². The van der Waals surface area contributed by atoms with E-state index in [2.05, 4.69) is 34.0 Å². The third kappa shape index (κ3) is 3.29. The van der Waals surface area contributed by atoms with Crippen molar-refractivity contribution in [1.82, 2.24) is 14.9 Å². The van der Waals surface area contributed by atoms with Gasteiger partial charge in [0.05, 0.1) is 11.8 Å². The van der Waals surface area contributed by atoms with E-state index in [-0.39, 0.29) is 11.5 Å². The summed E-state index contributed by atoms with van der Waals surface area (Å²) in [4.78, 5) is 11.7. The van der Waals surface area contributed by atoms with Gasteiger partial charge in [0.2, 0.25) is 0 Å². The van der Waals surface area contributed by atoms with Gasteiger partial charge in [0, 0.05) is 37.2 Å². The fourth-order valence-electron chi connectivity index (χ4n) is 7.31. The third-order valence-corrected chi connectivity index (χ3v) is 9.00. The number of nitrogens with zero attached hydrogens (tertiary/aromatic N) is 3. The number of aliphatic hydroxyl groups excluding tert-OH is 1. The minimum Gasteiger partial charge on any atom is -0.391 e. The monoisotopic (exact) mass is 398 g/mol. The molecule has 2 N–H and O–H groups in total. The topological polar surface area (TPSA) is 61.3 Å². The molecule has 0 spiro atoms. The van der Waals surface area contributed by atoms with E-state index in [9.17, 15) is 5.11 Å². The molecule has 29 heavy (non-hydrogen) atoms. The predicted molar refractivity (Wildman–Crippen MR) is 116 cm³/mol. The average molecular weight is 399 g/mol. The molecule has 160 valence electrons. The van der Waals surface area contributed by atoms with Crippen LogP contribution in [0.5, 0.6) is 0 Å². The molecule has 0 saturated heterocycles. The Morgan fingerprint density at radius 3 is 2.69 bits per heavy atom. The van der Waals surface area contributed by atoms with E-state index in [1.165, 1.54) is 62.7 Å². The largest absolute Gasteiger partial charge is 0.391 e. The van der Waals surface area contributed by atoms with E-state index in [1.807, 2.05) is 0 Å². The molecule has 1 aromatic rings. The highest BCUT2D eigenvalue weighted by atomic mass is 16.3. The summed E-state index contributed by atoms with van der Waals surface area (Å²) in [6, 6.07) is 0. The number of anilines is 1. The van der Waals surface area contributed by atoms with Crippen molar-refractivity contribution in [3.05, 3.63) is 17.6 Å². The van der Waals surface area contributed by atoms with Gasteiger partial charge in [-0.15, -0.1) is 0 Å². The van der Waals surface area contributed by atoms with Crippen molar-refractivity contribution in [2.45, 2.75) is 77.9 Å². The molecule has 5 heteroatoms. The van der Waals surface area contributed by atoms with Gasteiger partial charge in [-0.2, -0.15) is 0 Å². The molecule has 2 heterocycles. The molecule has 3 saturated carbocycles.